The summed E-state index contributed by atoms with van der Waals surface area (Å²) < 4.78 is 15.8. The number of nitrogens with zero attached hydrogens (tertiary/aromatic N) is 2. The van der Waals surface area contributed by atoms with Gasteiger partial charge >= 0.3 is 0 Å². The summed E-state index contributed by atoms with van der Waals surface area (Å²) >= 11 is 0. The number of aromatic nitrogens is 2. The molecule has 2 aromatic heterocycles. The molecule has 0 aliphatic rings. The first-order valence-electron chi connectivity index (χ1n) is 7.36. The minimum atomic E-state index is 0.555. The van der Waals surface area contributed by atoms with Crippen molar-refractivity contribution in [1.29, 1.82) is 0 Å². The second-order valence-corrected chi connectivity index (χ2v) is 4.92. The Bertz CT molecular complexity index is 790. The smallest absolute Gasteiger partial charge is 0.162 e. The van der Waals surface area contributed by atoms with E-state index in [0.717, 1.165) is 11.4 Å². The molecule has 0 amide bonds. The predicted molar refractivity (Wildman–Crippen MR) is 90.9 cm³/mol. The highest BCUT2D eigenvalue weighted by Gasteiger charge is 2.06. The number of rotatable bonds is 7. The highest BCUT2D eigenvalue weighted by Crippen LogP contribution is 2.30. The molecule has 3 rings (SSSR count). The molecule has 3 aromatic rings. The first kappa shape index (κ1) is 15.7. The summed E-state index contributed by atoms with van der Waals surface area (Å²) in [6, 6.07) is 11.1. The summed E-state index contributed by atoms with van der Waals surface area (Å²) in [4.78, 5) is 8.41. The molecule has 0 unspecified atom stereocenters. The molecule has 0 aliphatic carbocycles. The molecule has 0 radical (unpaired) electrons. The van der Waals surface area contributed by atoms with Crippen LogP contribution in [0.4, 0.5) is 17.3 Å². The Kier molecular flexibility index (Phi) is 4.81. The maximum absolute atomic E-state index is 5.30. The van der Waals surface area contributed by atoms with Crippen molar-refractivity contribution in [3.8, 4) is 11.5 Å². The second kappa shape index (κ2) is 7.36. The largest absolute Gasteiger partial charge is 0.493 e. The van der Waals surface area contributed by atoms with Crippen molar-refractivity contribution < 1.29 is 13.9 Å². The third-order valence-corrected chi connectivity index (χ3v) is 3.35. The van der Waals surface area contributed by atoms with Crippen molar-refractivity contribution in [2.45, 2.75) is 6.54 Å². The van der Waals surface area contributed by atoms with Crippen LogP contribution in [0, 0.1) is 0 Å². The molecule has 2 heterocycles. The number of benzene rings is 1. The highest BCUT2D eigenvalue weighted by molar-refractivity contribution is 5.62. The van der Waals surface area contributed by atoms with Gasteiger partial charge in [-0.2, -0.15) is 0 Å². The number of nitrogens with one attached hydrogen (secondary N) is 2. The number of hydrogen-bond donors (Lipinski definition) is 2. The molecule has 0 aliphatic heterocycles. The molecule has 0 saturated heterocycles. The number of anilines is 3. The Balaban J connectivity index is 1.70. The number of furan rings is 1. The summed E-state index contributed by atoms with van der Waals surface area (Å²) in [5.74, 6) is 3.52. The van der Waals surface area contributed by atoms with E-state index in [1.165, 1.54) is 6.33 Å². The molecule has 124 valence electrons. The van der Waals surface area contributed by atoms with Gasteiger partial charge in [-0.25, -0.2) is 9.97 Å². The summed E-state index contributed by atoms with van der Waals surface area (Å²) in [6.45, 7) is 0.555. The molecule has 0 saturated carbocycles. The van der Waals surface area contributed by atoms with E-state index in [4.69, 9.17) is 13.9 Å². The van der Waals surface area contributed by atoms with Gasteiger partial charge in [-0.1, -0.05) is 0 Å². The lowest BCUT2D eigenvalue weighted by Crippen LogP contribution is -2.02. The number of ether oxygens (including phenoxy) is 2. The van der Waals surface area contributed by atoms with Crippen LogP contribution in [0.2, 0.25) is 0 Å². The third kappa shape index (κ3) is 3.75. The normalized spacial score (nSPS) is 10.2. The number of hydrogen-bond acceptors (Lipinski definition) is 7. The van der Waals surface area contributed by atoms with E-state index in [1.54, 1.807) is 20.5 Å². The SMILES string of the molecule is COc1ccc(Nc2cc(NCc3ccco3)ncn2)cc1OC. The molecule has 0 bridgehead atoms. The van der Waals surface area contributed by atoms with E-state index in [1.807, 2.05) is 36.4 Å². The van der Waals surface area contributed by atoms with E-state index in [9.17, 15) is 0 Å². The van der Waals surface area contributed by atoms with Gasteiger partial charge in [0.05, 0.1) is 27.0 Å². The van der Waals surface area contributed by atoms with Crippen molar-refractivity contribution in [3.63, 3.8) is 0 Å². The van der Waals surface area contributed by atoms with Crippen LogP contribution >= 0.6 is 0 Å². The third-order valence-electron chi connectivity index (χ3n) is 3.35. The maximum Gasteiger partial charge on any atom is 0.162 e. The van der Waals surface area contributed by atoms with Gasteiger partial charge < -0.3 is 24.5 Å². The van der Waals surface area contributed by atoms with Crippen molar-refractivity contribution in [2.75, 3.05) is 24.9 Å². The average Bonchev–Trinajstić information content (AvgIpc) is 3.14. The minimum Gasteiger partial charge on any atom is -0.493 e. The van der Waals surface area contributed by atoms with Crippen molar-refractivity contribution in [2.24, 2.45) is 0 Å². The van der Waals surface area contributed by atoms with Crippen LogP contribution in [-0.4, -0.2) is 24.2 Å². The van der Waals surface area contributed by atoms with Crippen molar-refractivity contribution in [3.05, 3.63) is 54.7 Å². The molecule has 0 spiro atoms. The van der Waals surface area contributed by atoms with Crippen LogP contribution in [0.15, 0.2) is 53.4 Å². The van der Waals surface area contributed by atoms with Crippen LogP contribution in [0.3, 0.4) is 0 Å². The molecular formula is C17H18N4O3. The fourth-order valence-electron chi connectivity index (χ4n) is 2.18. The first-order chi connectivity index (χ1) is 11.8. The summed E-state index contributed by atoms with van der Waals surface area (Å²) in [5, 5.41) is 6.40. The lowest BCUT2D eigenvalue weighted by Gasteiger charge is -2.11. The van der Waals surface area contributed by atoms with E-state index in [2.05, 4.69) is 20.6 Å². The maximum atomic E-state index is 5.30. The molecule has 2 N–H and O–H groups in total. The topological polar surface area (TPSA) is 81.4 Å². The van der Waals surface area contributed by atoms with Gasteiger partial charge in [-0.05, 0) is 24.3 Å². The highest BCUT2D eigenvalue weighted by atomic mass is 16.5. The lowest BCUT2D eigenvalue weighted by atomic mass is 10.2. The molecule has 1 aromatic carbocycles. The van der Waals surface area contributed by atoms with Crippen molar-refractivity contribution >= 4 is 17.3 Å². The Morgan fingerprint density at radius 2 is 1.83 bits per heavy atom. The van der Waals surface area contributed by atoms with Gasteiger partial charge in [0.15, 0.2) is 11.5 Å². The molecule has 7 nitrogen and oxygen atoms in total. The van der Waals surface area contributed by atoms with Crippen LogP contribution in [-0.2, 0) is 6.54 Å². The van der Waals surface area contributed by atoms with Gasteiger partial charge in [0.2, 0.25) is 0 Å². The molecule has 7 heteroatoms. The summed E-state index contributed by atoms with van der Waals surface area (Å²) in [5.41, 5.74) is 0.836. The van der Waals surface area contributed by atoms with Gasteiger partial charge in [0, 0.05) is 17.8 Å². The zero-order valence-electron chi connectivity index (χ0n) is 13.4. The zero-order chi connectivity index (χ0) is 16.8. The average molecular weight is 326 g/mol. The van der Waals surface area contributed by atoms with E-state index in [0.29, 0.717) is 29.7 Å². The standard InChI is InChI=1S/C17H18N4O3/c1-22-14-6-5-12(8-15(14)23-2)21-17-9-16(19-11-20-17)18-10-13-4-3-7-24-13/h3-9,11H,10H2,1-2H3,(H2,18,19,20,21). The van der Waals surface area contributed by atoms with Gasteiger partial charge in [0.25, 0.3) is 0 Å². The van der Waals surface area contributed by atoms with Gasteiger partial charge in [-0.3, -0.25) is 0 Å². The van der Waals surface area contributed by atoms with Crippen LogP contribution < -0.4 is 20.1 Å². The van der Waals surface area contributed by atoms with Gasteiger partial charge in [0.1, 0.15) is 23.7 Å². The van der Waals surface area contributed by atoms with E-state index >= 15 is 0 Å². The monoisotopic (exact) mass is 326 g/mol. The van der Waals surface area contributed by atoms with E-state index in [-0.39, 0.29) is 0 Å². The van der Waals surface area contributed by atoms with Crippen LogP contribution in [0.5, 0.6) is 11.5 Å². The van der Waals surface area contributed by atoms with Gasteiger partial charge in [-0.15, -0.1) is 0 Å². The molecule has 0 fully saturated rings. The predicted octanol–water partition coefficient (Wildman–Crippen LogP) is 3.44. The Hall–Kier alpha value is -3.22. The minimum absolute atomic E-state index is 0.555. The Morgan fingerprint density at radius 3 is 2.58 bits per heavy atom. The fraction of sp³-hybridized carbons (Fsp3) is 0.176. The molecular weight excluding hydrogens is 308 g/mol. The van der Waals surface area contributed by atoms with Crippen LogP contribution in [0.25, 0.3) is 0 Å². The zero-order valence-corrected chi connectivity index (χ0v) is 13.4. The second-order valence-electron chi connectivity index (χ2n) is 4.92. The van der Waals surface area contributed by atoms with Crippen LogP contribution in [0.1, 0.15) is 5.76 Å². The summed E-state index contributed by atoms with van der Waals surface area (Å²) in [6.07, 6.45) is 3.13. The Labute approximate surface area is 139 Å². The molecule has 24 heavy (non-hydrogen) atoms. The Morgan fingerprint density at radius 1 is 1.00 bits per heavy atom. The lowest BCUT2D eigenvalue weighted by molar-refractivity contribution is 0.355. The molecule has 0 atom stereocenters. The van der Waals surface area contributed by atoms with Crippen molar-refractivity contribution in [1.82, 2.24) is 9.97 Å². The first-order valence-corrected chi connectivity index (χ1v) is 7.36. The summed E-state index contributed by atoms with van der Waals surface area (Å²) in [7, 11) is 3.20. The number of methoxy groups -OCH3 is 2. The fourth-order valence-corrected chi connectivity index (χ4v) is 2.18. The quantitative estimate of drug-likeness (QED) is 0.688. The van der Waals surface area contributed by atoms with E-state index < -0.39 is 0 Å².